The van der Waals surface area contributed by atoms with Crippen LogP contribution in [0.1, 0.15) is 159 Å². The lowest BCUT2D eigenvalue weighted by Gasteiger charge is -2.39. The SMILES string of the molecule is COc1ccc2c(c1OC)C(=O)OC2C1c2c(c(CC(=O)CCC(NC(=O)c3ccc(NCc4cnc5c(n4)C(O)N=C(N)N5)cc3)C(=O)O)c3c(c2OC)OCO3)CCN1C.COc1ccc2c(c1OC)C(=O)OC2C1c2c(c(CC(=O)CCC(NC(=O)c3ccc(NCc4cnc5nc(N)[nH]c(=O)c5n4)cc3)C(=O)O)c3c(c2OC)OCO3)CCN1C. The molecule has 40 heteroatoms. The molecular formula is C84H86N16O24. The summed E-state index contributed by atoms with van der Waals surface area (Å²) in [7, 11) is 12.7. The Kier molecular flexibility index (Phi) is 24.2. The van der Waals surface area contributed by atoms with Crippen molar-refractivity contribution in [3.05, 3.63) is 179 Å². The van der Waals surface area contributed by atoms with E-state index in [-0.39, 0.29) is 139 Å². The molecule has 16 rings (SSSR count). The van der Waals surface area contributed by atoms with Crippen molar-refractivity contribution in [2.24, 2.45) is 10.7 Å². The number of carboxylic acids is 2. The van der Waals surface area contributed by atoms with E-state index in [1.54, 1.807) is 48.5 Å². The number of carboxylic acid groups (broad SMARTS) is 2. The molecule has 3 aromatic heterocycles. The number of carbonyl (C=O) groups is 8. The van der Waals surface area contributed by atoms with Crippen molar-refractivity contribution >= 4 is 87.5 Å². The number of fused-ring (bicyclic) bond motifs is 8. The number of aliphatic hydroxyl groups is 1. The highest BCUT2D eigenvalue weighted by molar-refractivity contribution is 6.01. The number of benzene rings is 6. The number of carbonyl (C=O) groups excluding carboxylic acids is 6. The number of nitrogens with zero attached hydrogens (tertiary/aromatic N) is 8. The van der Waals surface area contributed by atoms with Crippen molar-refractivity contribution in [2.45, 2.75) is 107 Å². The van der Waals surface area contributed by atoms with E-state index in [1.807, 2.05) is 19.0 Å². The molecule has 6 aromatic carbocycles. The summed E-state index contributed by atoms with van der Waals surface area (Å²) in [5.74, 6) is -1.89. The number of anilines is 4. The zero-order valence-electron chi connectivity index (χ0n) is 68.2. The number of likely N-dealkylation sites (N-methyl/N-ethyl adjacent to an activating group) is 2. The van der Waals surface area contributed by atoms with Gasteiger partial charge in [0.15, 0.2) is 75.2 Å². The molecule has 2 amide bonds. The number of esters is 2. The van der Waals surface area contributed by atoms with Crippen LogP contribution in [0, 0.1) is 0 Å². The van der Waals surface area contributed by atoms with E-state index in [1.165, 1.54) is 79.3 Å². The van der Waals surface area contributed by atoms with Gasteiger partial charge in [0, 0.05) is 94.7 Å². The Hall–Kier alpha value is -14.7. The second-order valence-corrected chi connectivity index (χ2v) is 29.7. The van der Waals surface area contributed by atoms with Crippen LogP contribution in [-0.4, -0.2) is 204 Å². The smallest absolute Gasteiger partial charge is 0.343 e. The number of Topliss-reactive ketones (excluding diaryl/α,β-unsaturated/α-hetero) is 2. The Balaban J connectivity index is 0.000000192. The number of aromatic nitrogens is 6. The maximum absolute atomic E-state index is 13.8. The monoisotopic (exact) mass is 1700 g/mol. The summed E-state index contributed by atoms with van der Waals surface area (Å²) in [6.07, 6.45) is 0.198. The lowest BCUT2D eigenvalue weighted by Crippen LogP contribution is -2.41. The van der Waals surface area contributed by atoms with Crippen LogP contribution in [0.4, 0.5) is 23.1 Å². The number of aliphatic carboxylic acids is 2. The molecular weight excluding hydrogens is 1620 g/mol. The van der Waals surface area contributed by atoms with Gasteiger partial charge in [0.1, 0.15) is 52.7 Å². The van der Waals surface area contributed by atoms with Crippen LogP contribution in [0.3, 0.4) is 0 Å². The molecule has 124 heavy (non-hydrogen) atoms. The normalized spacial score (nSPS) is 17.8. The molecule has 0 saturated heterocycles. The van der Waals surface area contributed by atoms with Crippen LogP contribution >= 0.6 is 0 Å². The van der Waals surface area contributed by atoms with Gasteiger partial charge in [0.25, 0.3) is 17.4 Å². The van der Waals surface area contributed by atoms with Crippen LogP contribution in [0.5, 0.6) is 57.5 Å². The number of ether oxygens (including phenoxy) is 12. The number of aliphatic hydroxyl groups excluding tert-OH is 1. The molecule has 13 N–H and O–H groups in total. The summed E-state index contributed by atoms with van der Waals surface area (Å²) in [4.78, 5) is 149. The van der Waals surface area contributed by atoms with Gasteiger partial charge in [-0.05, 0) is 112 Å². The van der Waals surface area contributed by atoms with Gasteiger partial charge in [0.05, 0.1) is 91.6 Å². The molecule has 40 nitrogen and oxygen atoms in total. The first-order valence-electron chi connectivity index (χ1n) is 39.1. The van der Waals surface area contributed by atoms with Gasteiger partial charge in [-0.2, -0.15) is 4.98 Å². The topological polar surface area (TPSA) is 536 Å². The maximum Gasteiger partial charge on any atom is 0.343 e. The van der Waals surface area contributed by atoms with Crippen LogP contribution in [0.2, 0.25) is 0 Å². The van der Waals surface area contributed by atoms with E-state index in [2.05, 4.69) is 66.4 Å². The summed E-state index contributed by atoms with van der Waals surface area (Å²) in [5.41, 5.74) is 19.5. The maximum atomic E-state index is 13.8. The van der Waals surface area contributed by atoms with Gasteiger partial charge in [0.2, 0.25) is 31.0 Å². The lowest BCUT2D eigenvalue weighted by molar-refractivity contribution is -0.140. The Labute approximate surface area is 705 Å². The lowest BCUT2D eigenvalue weighted by atomic mass is 9.82. The summed E-state index contributed by atoms with van der Waals surface area (Å²) in [6, 6.07) is 15.8. The van der Waals surface area contributed by atoms with Crippen molar-refractivity contribution in [1.29, 1.82) is 0 Å². The van der Waals surface area contributed by atoms with E-state index in [0.717, 1.165) is 11.1 Å². The summed E-state index contributed by atoms with van der Waals surface area (Å²) >= 11 is 0. The van der Waals surface area contributed by atoms with Crippen molar-refractivity contribution < 1.29 is 111 Å². The average molecular weight is 1700 g/mol. The number of cyclic esters (lactones) is 2. The van der Waals surface area contributed by atoms with Gasteiger partial charge >= 0.3 is 23.9 Å². The largest absolute Gasteiger partial charge is 0.493 e. The number of nitrogens with one attached hydrogen (secondary N) is 6. The predicted molar refractivity (Wildman–Crippen MR) is 438 cm³/mol. The third kappa shape index (κ3) is 16.5. The predicted octanol–water partition coefficient (Wildman–Crippen LogP) is 5.67. The molecule has 0 radical (unpaired) electrons. The van der Waals surface area contributed by atoms with Crippen LogP contribution in [-0.2, 0) is 67.4 Å². The molecule has 10 heterocycles. The zero-order chi connectivity index (χ0) is 87.6. The average Bonchev–Trinajstić information content (AvgIpc) is 1.65. The molecule has 0 saturated carbocycles. The summed E-state index contributed by atoms with van der Waals surface area (Å²) in [5, 5.41) is 44.4. The molecule has 9 aromatic rings. The minimum absolute atomic E-state index is 0.0332. The highest BCUT2D eigenvalue weighted by Gasteiger charge is 2.50. The summed E-state index contributed by atoms with van der Waals surface area (Å²) < 4.78 is 69.7. The Morgan fingerprint density at radius 1 is 0.565 bits per heavy atom. The van der Waals surface area contributed by atoms with Crippen LogP contribution in [0.25, 0.3) is 11.2 Å². The fourth-order valence-corrected chi connectivity index (χ4v) is 16.5. The first kappa shape index (κ1) is 84.4. The molecule has 0 spiro atoms. The van der Waals surface area contributed by atoms with Crippen molar-refractivity contribution in [1.82, 2.24) is 50.3 Å². The second kappa shape index (κ2) is 35.6. The first-order valence-corrected chi connectivity index (χ1v) is 39.1. The molecule has 0 aliphatic carbocycles. The Bertz CT molecular complexity index is 5890. The number of rotatable bonds is 30. The number of aliphatic imine (C=N–C) groups is 1. The number of amides is 2. The number of guanidine groups is 1. The van der Waals surface area contributed by atoms with E-state index in [9.17, 15) is 58.5 Å². The molecule has 7 aliphatic rings. The molecule has 0 fully saturated rings. The first-order chi connectivity index (χ1) is 59.8. The molecule has 0 bridgehead atoms. The fourth-order valence-electron chi connectivity index (χ4n) is 16.5. The molecule has 646 valence electrons. The van der Waals surface area contributed by atoms with Gasteiger partial charge in [-0.15, -0.1) is 0 Å². The third-order valence-corrected chi connectivity index (χ3v) is 22.4. The number of nitrogen functional groups attached to an aromatic ring is 1. The number of nitrogens with two attached hydrogens (primary N) is 2. The van der Waals surface area contributed by atoms with Gasteiger partial charge < -0.3 is 110 Å². The minimum atomic E-state index is -1.37. The fraction of sp³-hybridized carbons (Fsp3) is 0.345. The zero-order valence-corrected chi connectivity index (χ0v) is 68.2. The molecule has 7 aliphatic heterocycles. The highest BCUT2D eigenvalue weighted by Crippen LogP contribution is 2.60. The van der Waals surface area contributed by atoms with Crippen molar-refractivity contribution in [3.63, 3.8) is 0 Å². The molecule has 7 unspecified atom stereocenters. The number of ketones is 2. The summed E-state index contributed by atoms with van der Waals surface area (Å²) in [6.45, 7) is 1.26. The number of aromatic amines is 1. The van der Waals surface area contributed by atoms with E-state index < -0.39 is 83.9 Å². The van der Waals surface area contributed by atoms with Crippen molar-refractivity contribution in [2.75, 3.05) is 105 Å². The second-order valence-electron chi connectivity index (χ2n) is 29.7. The van der Waals surface area contributed by atoms with E-state index >= 15 is 0 Å². The van der Waals surface area contributed by atoms with Gasteiger partial charge in [-0.25, -0.2) is 44.1 Å². The molecule has 7 atom stereocenters. The Morgan fingerprint density at radius 2 is 1.01 bits per heavy atom. The third-order valence-electron chi connectivity index (χ3n) is 22.4. The van der Waals surface area contributed by atoms with Crippen molar-refractivity contribution in [3.8, 4) is 57.5 Å². The highest BCUT2D eigenvalue weighted by atomic mass is 16.7. The number of H-pyrrole nitrogens is 1. The number of hydrogen-bond donors (Lipinski definition) is 11. The van der Waals surface area contributed by atoms with E-state index in [4.69, 9.17) is 68.3 Å². The quantitative estimate of drug-likeness (QED) is 0.0242. The van der Waals surface area contributed by atoms with E-state index in [0.29, 0.717) is 134 Å². The number of hydrogen-bond acceptors (Lipinski definition) is 35. The standard InChI is InChI=1S/C42H44N8O12.C42H42N8O12/c2*1-50-14-13-23-25(33-36(61-18-60-33)35(59-4)28(23)31(50)32-24-10-12-27(57-2)34(58-3)29(24)41(56)62-32)15-22(51)9-11-26(40(54)55)47-38(52)19-5-7-20(8-6-19)44-16-21-17-45-37-30(46-21)39(53)49-42(43)48-37/h5-8,10,12,17,26,31-32,39,44,53H,9,11,13-16,18H2,1-4H3,(H,47,52)(H,54,55)(H3,43,45,48,49);5-8,10,12,17,26,31-32,44H,9,11,13-16,18H2,1-4H3,(H,47,52)(H,54,55)(H3,43,45,48,49,53). The Morgan fingerprint density at radius 3 is 1.45 bits per heavy atom. The van der Waals surface area contributed by atoms with Crippen LogP contribution in [0.15, 0.2) is 95.0 Å². The number of methoxy groups -OCH3 is 6. The van der Waals surface area contributed by atoms with Gasteiger partial charge in [-0.3, -0.25) is 38.8 Å². The van der Waals surface area contributed by atoms with Crippen LogP contribution < -0.4 is 91.0 Å². The minimum Gasteiger partial charge on any atom is -0.493 e. The van der Waals surface area contributed by atoms with Gasteiger partial charge in [-0.1, -0.05) is 12.1 Å².